The van der Waals surface area contributed by atoms with Crippen molar-refractivity contribution in [1.29, 1.82) is 0 Å². The van der Waals surface area contributed by atoms with Crippen LogP contribution in [0.25, 0.3) is 0 Å². The lowest BCUT2D eigenvalue weighted by Gasteiger charge is -2.28. The molecule has 0 fully saturated rings. The van der Waals surface area contributed by atoms with Gasteiger partial charge in [0.25, 0.3) is 0 Å². The van der Waals surface area contributed by atoms with Crippen molar-refractivity contribution in [3.8, 4) is 0 Å². The molecule has 0 aromatic rings. The maximum absolute atomic E-state index is 11.7. The van der Waals surface area contributed by atoms with Gasteiger partial charge in [-0.2, -0.15) is 0 Å². The van der Waals surface area contributed by atoms with E-state index in [1.165, 1.54) is 4.90 Å². The van der Waals surface area contributed by atoms with E-state index in [9.17, 15) is 4.79 Å². The van der Waals surface area contributed by atoms with Crippen LogP contribution in [0.2, 0.25) is 0 Å². The lowest BCUT2D eigenvalue weighted by atomic mass is 10.2. The Hall–Kier alpha value is -0.120. The standard InChI is InChI=1S/C10H16Cl3NO2/c1-5-6-14(7-10(11,12)13)8(15)16-9(2,3)4/h5H,1,6-7H2,2-4H3. The second kappa shape index (κ2) is 5.99. The quantitative estimate of drug-likeness (QED) is 0.584. The van der Waals surface area contributed by atoms with Crippen LogP contribution in [0.5, 0.6) is 0 Å². The van der Waals surface area contributed by atoms with Crippen LogP contribution in [0.1, 0.15) is 20.8 Å². The molecule has 0 radical (unpaired) electrons. The van der Waals surface area contributed by atoms with E-state index in [2.05, 4.69) is 6.58 Å². The number of hydrogen-bond donors (Lipinski definition) is 0. The molecule has 0 unspecified atom stereocenters. The third-order valence-corrected chi connectivity index (χ3v) is 1.73. The first-order valence-corrected chi connectivity index (χ1v) is 5.84. The second-order valence-corrected chi connectivity index (χ2v) is 6.78. The number of carbonyl (C=O) groups excluding carboxylic acids is 1. The number of rotatable bonds is 3. The Morgan fingerprint density at radius 2 is 1.88 bits per heavy atom. The molecule has 0 aliphatic rings. The molecule has 0 aliphatic carbocycles. The van der Waals surface area contributed by atoms with Crippen molar-refractivity contribution in [2.75, 3.05) is 13.1 Å². The fraction of sp³-hybridized carbons (Fsp3) is 0.700. The molecule has 0 atom stereocenters. The van der Waals surface area contributed by atoms with Gasteiger partial charge in [0.2, 0.25) is 3.79 Å². The highest BCUT2D eigenvalue weighted by molar-refractivity contribution is 6.67. The van der Waals surface area contributed by atoms with Gasteiger partial charge in [0.05, 0.1) is 6.54 Å². The molecule has 0 saturated carbocycles. The van der Waals surface area contributed by atoms with Crippen LogP contribution < -0.4 is 0 Å². The van der Waals surface area contributed by atoms with E-state index in [0.29, 0.717) is 0 Å². The zero-order valence-corrected chi connectivity index (χ0v) is 11.9. The SMILES string of the molecule is C=CCN(CC(Cl)(Cl)Cl)C(=O)OC(C)(C)C. The van der Waals surface area contributed by atoms with Crippen molar-refractivity contribution < 1.29 is 9.53 Å². The Kier molecular flexibility index (Phi) is 5.94. The van der Waals surface area contributed by atoms with E-state index in [-0.39, 0.29) is 13.1 Å². The topological polar surface area (TPSA) is 29.5 Å². The highest BCUT2D eigenvalue weighted by Crippen LogP contribution is 2.27. The smallest absolute Gasteiger partial charge is 0.410 e. The van der Waals surface area contributed by atoms with Crippen LogP contribution in [-0.2, 0) is 4.74 Å². The van der Waals surface area contributed by atoms with Crippen molar-refractivity contribution in [1.82, 2.24) is 4.90 Å². The summed E-state index contributed by atoms with van der Waals surface area (Å²) in [6.07, 6.45) is 1.01. The predicted octanol–water partition coefficient (Wildman–Crippen LogP) is 3.78. The van der Waals surface area contributed by atoms with Gasteiger partial charge in [-0.1, -0.05) is 40.9 Å². The summed E-state index contributed by atoms with van der Waals surface area (Å²) in [6, 6.07) is 0. The van der Waals surface area contributed by atoms with E-state index in [1.54, 1.807) is 26.8 Å². The third kappa shape index (κ3) is 8.08. The molecule has 6 heteroatoms. The first-order valence-electron chi connectivity index (χ1n) is 4.71. The van der Waals surface area contributed by atoms with Gasteiger partial charge in [0, 0.05) is 6.54 Å². The number of halogens is 3. The molecule has 3 nitrogen and oxygen atoms in total. The molecule has 0 heterocycles. The Labute approximate surface area is 111 Å². The Bertz CT molecular complexity index is 256. The number of alkyl halides is 3. The van der Waals surface area contributed by atoms with Crippen molar-refractivity contribution in [2.24, 2.45) is 0 Å². The fourth-order valence-electron chi connectivity index (χ4n) is 0.902. The molecule has 0 spiro atoms. The number of carbonyl (C=O) groups is 1. The van der Waals surface area contributed by atoms with Gasteiger partial charge in [0.15, 0.2) is 0 Å². The van der Waals surface area contributed by atoms with Crippen LogP contribution >= 0.6 is 34.8 Å². The van der Waals surface area contributed by atoms with Crippen molar-refractivity contribution in [3.63, 3.8) is 0 Å². The van der Waals surface area contributed by atoms with E-state index >= 15 is 0 Å². The summed E-state index contributed by atoms with van der Waals surface area (Å²) in [6.45, 7) is 9.06. The zero-order chi connectivity index (χ0) is 13.0. The summed E-state index contributed by atoms with van der Waals surface area (Å²) in [5.41, 5.74) is -0.579. The van der Waals surface area contributed by atoms with Crippen LogP contribution in [0.15, 0.2) is 12.7 Å². The molecule has 0 aromatic carbocycles. The molecule has 1 amide bonds. The van der Waals surface area contributed by atoms with Gasteiger partial charge in [-0.25, -0.2) is 4.79 Å². The van der Waals surface area contributed by atoms with Crippen LogP contribution in [0.3, 0.4) is 0 Å². The van der Waals surface area contributed by atoms with E-state index in [4.69, 9.17) is 39.5 Å². The molecular formula is C10H16Cl3NO2. The molecule has 0 N–H and O–H groups in total. The maximum Gasteiger partial charge on any atom is 0.410 e. The summed E-state index contributed by atoms with van der Waals surface area (Å²) in [7, 11) is 0. The summed E-state index contributed by atoms with van der Waals surface area (Å²) >= 11 is 16.9. The molecule has 0 bridgehead atoms. The molecule has 0 rings (SSSR count). The molecule has 0 aromatic heterocycles. The van der Waals surface area contributed by atoms with Gasteiger partial charge >= 0.3 is 6.09 Å². The summed E-state index contributed by atoms with van der Waals surface area (Å²) in [5.74, 6) is 0. The van der Waals surface area contributed by atoms with E-state index < -0.39 is 15.5 Å². The highest BCUT2D eigenvalue weighted by Gasteiger charge is 2.29. The minimum Gasteiger partial charge on any atom is -0.444 e. The fourth-order valence-corrected chi connectivity index (χ4v) is 1.34. The van der Waals surface area contributed by atoms with Crippen molar-refractivity contribution >= 4 is 40.9 Å². The van der Waals surface area contributed by atoms with Crippen molar-refractivity contribution in [2.45, 2.75) is 30.2 Å². The Balaban J connectivity index is 4.53. The lowest BCUT2D eigenvalue weighted by Crippen LogP contribution is -2.41. The van der Waals surface area contributed by atoms with Gasteiger partial charge < -0.3 is 9.64 Å². The molecule has 16 heavy (non-hydrogen) atoms. The molecule has 0 aliphatic heterocycles. The van der Waals surface area contributed by atoms with E-state index in [0.717, 1.165) is 0 Å². The number of amides is 1. The lowest BCUT2D eigenvalue weighted by molar-refractivity contribution is 0.0275. The van der Waals surface area contributed by atoms with Gasteiger partial charge in [0.1, 0.15) is 5.60 Å². The first-order chi connectivity index (χ1) is 7.05. The minimum atomic E-state index is -1.53. The summed E-state index contributed by atoms with van der Waals surface area (Å²) in [5, 5.41) is 0. The Morgan fingerprint density at radius 1 is 1.38 bits per heavy atom. The third-order valence-electron chi connectivity index (χ3n) is 1.37. The number of hydrogen-bond acceptors (Lipinski definition) is 2. The van der Waals surface area contributed by atoms with Gasteiger partial charge in [-0.3, -0.25) is 0 Å². The largest absolute Gasteiger partial charge is 0.444 e. The monoisotopic (exact) mass is 287 g/mol. The van der Waals surface area contributed by atoms with Crippen molar-refractivity contribution in [3.05, 3.63) is 12.7 Å². The maximum atomic E-state index is 11.7. The average Bonchev–Trinajstić information content (AvgIpc) is 1.97. The molecule has 0 saturated heterocycles. The van der Waals surface area contributed by atoms with Crippen LogP contribution in [-0.4, -0.2) is 33.5 Å². The van der Waals surface area contributed by atoms with Crippen LogP contribution in [0, 0.1) is 0 Å². The predicted molar refractivity (Wildman–Crippen MR) is 68.3 cm³/mol. The zero-order valence-electron chi connectivity index (χ0n) is 9.60. The normalized spacial score (nSPS) is 12.1. The highest BCUT2D eigenvalue weighted by atomic mass is 35.6. The first kappa shape index (κ1) is 15.9. The number of nitrogens with zero attached hydrogens (tertiary/aromatic N) is 1. The van der Waals surface area contributed by atoms with E-state index in [1.807, 2.05) is 0 Å². The average molecular weight is 289 g/mol. The summed E-state index contributed by atoms with van der Waals surface area (Å²) < 4.78 is 3.63. The molecular weight excluding hydrogens is 272 g/mol. The Morgan fingerprint density at radius 3 is 2.19 bits per heavy atom. The number of ether oxygens (including phenoxy) is 1. The molecule has 94 valence electrons. The second-order valence-electron chi connectivity index (χ2n) is 4.26. The van der Waals surface area contributed by atoms with Gasteiger partial charge in [-0.15, -0.1) is 6.58 Å². The minimum absolute atomic E-state index is 0.0431. The summed E-state index contributed by atoms with van der Waals surface area (Å²) in [4.78, 5) is 13.0. The van der Waals surface area contributed by atoms with Crippen LogP contribution in [0.4, 0.5) is 4.79 Å². The van der Waals surface area contributed by atoms with Gasteiger partial charge in [-0.05, 0) is 20.8 Å².